The second-order valence-corrected chi connectivity index (χ2v) is 6.52. The third kappa shape index (κ3) is 4.47. The third-order valence-electron chi connectivity index (χ3n) is 4.71. The zero-order valence-corrected chi connectivity index (χ0v) is 14.6. The number of pyridine rings is 1. The van der Waals surface area contributed by atoms with Crippen molar-refractivity contribution in [2.75, 3.05) is 13.6 Å². The molecule has 3 rings (SSSR count). The molecule has 0 aliphatic heterocycles. The SMILES string of the molecule is CN(C(=O)NCC1CC=CCC1)C(c1ccccc1)c1ccccn1. The van der Waals surface area contributed by atoms with E-state index in [9.17, 15) is 4.79 Å². The van der Waals surface area contributed by atoms with Gasteiger partial charge in [0.05, 0.1) is 5.69 Å². The van der Waals surface area contributed by atoms with Crippen molar-refractivity contribution < 1.29 is 4.79 Å². The standard InChI is InChI=1S/C21H25N3O/c1-24(21(25)23-16-17-10-4-2-5-11-17)20(18-12-6-3-7-13-18)19-14-8-9-15-22-19/h2-4,6-9,12-15,17,20H,5,10-11,16H2,1H3,(H,23,25). The molecule has 0 saturated carbocycles. The molecule has 2 amide bonds. The van der Waals surface area contributed by atoms with E-state index < -0.39 is 0 Å². The summed E-state index contributed by atoms with van der Waals surface area (Å²) in [5.74, 6) is 0.535. The van der Waals surface area contributed by atoms with Crippen molar-refractivity contribution in [3.8, 4) is 0 Å². The monoisotopic (exact) mass is 335 g/mol. The van der Waals surface area contributed by atoms with Crippen LogP contribution < -0.4 is 5.32 Å². The molecule has 0 fully saturated rings. The minimum absolute atomic E-state index is 0.0611. The number of amides is 2. The number of nitrogens with zero attached hydrogens (tertiary/aromatic N) is 2. The maximum atomic E-state index is 12.7. The minimum Gasteiger partial charge on any atom is -0.338 e. The van der Waals surface area contributed by atoms with Gasteiger partial charge >= 0.3 is 6.03 Å². The Balaban J connectivity index is 1.73. The van der Waals surface area contributed by atoms with Crippen LogP contribution in [0.15, 0.2) is 66.9 Å². The molecule has 1 aromatic carbocycles. The van der Waals surface area contributed by atoms with Crippen molar-refractivity contribution in [1.29, 1.82) is 0 Å². The first-order valence-electron chi connectivity index (χ1n) is 8.87. The van der Waals surface area contributed by atoms with Gasteiger partial charge in [0.25, 0.3) is 0 Å². The summed E-state index contributed by atoms with van der Waals surface area (Å²) in [5.41, 5.74) is 1.92. The molecule has 1 aromatic heterocycles. The van der Waals surface area contributed by atoms with Crippen LogP contribution in [0.2, 0.25) is 0 Å². The fraction of sp³-hybridized carbons (Fsp3) is 0.333. The van der Waals surface area contributed by atoms with Crippen molar-refractivity contribution in [2.45, 2.75) is 25.3 Å². The maximum absolute atomic E-state index is 12.7. The number of carbonyl (C=O) groups is 1. The molecule has 0 spiro atoms. The summed E-state index contributed by atoms with van der Waals surface area (Å²) in [7, 11) is 1.84. The number of nitrogens with one attached hydrogen (secondary N) is 1. The summed E-state index contributed by atoms with van der Waals surface area (Å²) < 4.78 is 0. The first kappa shape index (κ1) is 17.2. The first-order chi connectivity index (χ1) is 12.3. The van der Waals surface area contributed by atoms with E-state index >= 15 is 0 Å². The summed E-state index contributed by atoms with van der Waals surface area (Å²) >= 11 is 0. The molecule has 0 bridgehead atoms. The van der Waals surface area contributed by atoms with E-state index in [4.69, 9.17) is 0 Å². The molecular formula is C21H25N3O. The van der Waals surface area contributed by atoms with Gasteiger partial charge in [-0.1, -0.05) is 48.6 Å². The Morgan fingerprint density at radius 2 is 2.00 bits per heavy atom. The lowest BCUT2D eigenvalue weighted by Crippen LogP contribution is -2.42. The molecule has 2 unspecified atom stereocenters. The topological polar surface area (TPSA) is 45.2 Å². The highest BCUT2D eigenvalue weighted by Crippen LogP contribution is 2.26. The summed E-state index contributed by atoms with van der Waals surface area (Å²) in [4.78, 5) is 19.0. The molecule has 2 aromatic rings. The smallest absolute Gasteiger partial charge is 0.317 e. The van der Waals surface area contributed by atoms with Crippen LogP contribution in [-0.4, -0.2) is 29.5 Å². The van der Waals surface area contributed by atoms with Gasteiger partial charge in [-0.15, -0.1) is 0 Å². The lowest BCUT2D eigenvalue weighted by Gasteiger charge is -2.29. The Labute approximate surface area is 149 Å². The van der Waals surface area contributed by atoms with E-state index in [1.807, 2.05) is 55.6 Å². The van der Waals surface area contributed by atoms with Crippen molar-refractivity contribution in [3.05, 3.63) is 78.1 Å². The van der Waals surface area contributed by atoms with Gasteiger partial charge in [-0.2, -0.15) is 0 Å². The Kier molecular flexibility index (Phi) is 5.83. The molecule has 4 nitrogen and oxygen atoms in total. The number of aromatic nitrogens is 1. The van der Waals surface area contributed by atoms with E-state index in [0.29, 0.717) is 5.92 Å². The highest BCUT2D eigenvalue weighted by molar-refractivity contribution is 5.75. The fourth-order valence-electron chi connectivity index (χ4n) is 3.28. The van der Waals surface area contributed by atoms with Gasteiger partial charge in [-0.25, -0.2) is 4.79 Å². The molecule has 0 radical (unpaired) electrons. The molecule has 0 saturated heterocycles. The number of benzene rings is 1. The Bertz CT molecular complexity index is 660. The zero-order chi connectivity index (χ0) is 17.5. The van der Waals surface area contributed by atoms with Crippen LogP contribution in [0, 0.1) is 5.92 Å². The molecule has 2 atom stereocenters. The van der Waals surface area contributed by atoms with Gasteiger partial charge in [-0.3, -0.25) is 4.98 Å². The Morgan fingerprint density at radius 1 is 1.20 bits per heavy atom. The predicted octanol–water partition coefficient (Wildman–Crippen LogP) is 4.17. The highest BCUT2D eigenvalue weighted by atomic mass is 16.2. The number of carbonyl (C=O) groups excluding carboxylic acids is 1. The summed E-state index contributed by atoms with van der Waals surface area (Å²) in [6, 6.07) is 15.6. The van der Waals surface area contributed by atoms with Gasteiger partial charge in [0.2, 0.25) is 0 Å². The number of hydrogen-bond donors (Lipinski definition) is 1. The number of rotatable bonds is 5. The van der Waals surface area contributed by atoms with Crippen LogP contribution in [0.3, 0.4) is 0 Å². The normalized spacial score (nSPS) is 17.7. The summed E-state index contributed by atoms with van der Waals surface area (Å²) in [6.45, 7) is 0.719. The van der Waals surface area contributed by atoms with E-state index in [1.165, 1.54) is 0 Å². The lowest BCUT2D eigenvalue weighted by molar-refractivity contribution is 0.195. The van der Waals surface area contributed by atoms with Crippen LogP contribution in [0.1, 0.15) is 36.6 Å². The minimum atomic E-state index is -0.200. The predicted molar refractivity (Wildman–Crippen MR) is 100 cm³/mol. The van der Waals surface area contributed by atoms with Crippen LogP contribution in [0.4, 0.5) is 4.79 Å². The quantitative estimate of drug-likeness (QED) is 0.834. The molecule has 130 valence electrons. The van der Waals surface area contributed by atoms with Crippen molar-refractivity contribution in [3.63, 3.8) is 0 Å². The number of allylic oxidation sites excluding steroid dienone is 2. The van der Waals surface area contributed by atoms with Gasteiger partial charge in [0, 0.05) is 19.8 Å². The van der Waals surface area contributed by atoms with Crippen molar-refractivity contribution in [2.24, 2.45) is 5.92 Å². The molecule has 1 heterocycles. The summed E-state index contributed by atoms with van der Waals surface area (Å²) in [5, 5.41) is 3.10. The largest absolute Gasteiger partial charge is 0.338 e. The molecule has 1 N–H and O–H groups in total. The van der Waals surface area contributed by atoms with Crippen molar-refractivity contribution in [1.82, 2.24) is 15.2 Å². The zero-order valence-electron chi connectivity index (χ0n) is 14.6. The fourth-order valence-corrected chi connectivity index (χ4v) is 3.28. The van der Waals surface area contributed by atoms with E-state index in [-0.39, 0.29) is 12.1 Å². The van der Waals surface area contributed by atoms with Crippen LogP contribution >= 0.6 is 0 Å². The lowest BCUT2D eigenvalue weighted by atomic mass is 9.94. The summed E-state index contributed by atoms with van der Waals surface area (Å²) in [6.07, 6.45) is 9.50. The van der Waals surface area contributed by atoms with Crippen LogP contribution in [0.5, 0.6) is 0 Å². The average Bonchev–Trinajstić information content (AvgIpc) is 2.69. The Morgan fingerprint density at radius 3 is 2.68 bits per heavy atom. The second kappa shape index (κ2) is 8.47. The third-order valence-corrected chi connectivity index (χ3v) is 4.71. The number of urea groups is 1. The van der Waals surface area contributed by atoms with E-state index in [2.05, 4.69) is 22.5 Å². The highest BCUT2D eigenvalue weighted by Gasteiger charge is 2.24. The van der Waals surface area contributed by atoms with E-state index in [1.54, 1.807) is 11.1 Å². The van der Waals surface area contributed by atoms with E-state index in [0.717, 1.165) is 37.1 Å². The molecule has 4 heteroatoms. The van der Waals surface area contributed by atoms with Crippen LogP contribution in [-0.2, 0) is 0 Å². The maximum Gasteiger partial charge on any atom is 0.317 e. The average molecular weight is 335 g/mol. The molecule has 1 aliphatic rings. The van der Waals surface area contributed by atoms with Gasteiger partial charge in [0.1, 0.15) is 6.04 Å². The first-order valence-corrected chi connectivity index (χ1v) is 8.87. The second-order valence-electron chi connectivity index (χ2n) is 6.52. The molecule has 25 heavy (non-hydrogen) atoms. The van der Waals surface area contributed by atoms with Gasteiger partial charge in [-0.05, 0) is 42.9 Å². The van der Waals surface area contributed by atoms with Gasteiger partial charge in [0.15, 0.2) is 0 Å². The Hall–Kier alpha value is -2.62. The van der Waals surface area contributed by atoms with Gasteiger partial charge < -0.3 is 10.2 Å². The van der Waals surface area contributed by atoms with Crippen molar-refractivity contribution >= 4 is 6.03 Å². The molecule has 1 aliphatic carbocycles. The number of hydrogen-bond acceptors (Lipinski definition) is 2. The molecular weight excluding hydrogens is 310 g/mol. The van der Waals surface area contributed by atoms with Crippen LogP contribution in [0.25, 0.3) is 0 Å².